The van der Waals surface area contributed by atoms with E-state index in [1.165, 1.54) is 6.07 Å². The molecule has 20 heavy (non-hydrogen) atoms. The number of nitro groups is 1. The first kappa shape index (κ1) is 12.2. The van der Waals surface area contributed by atoms with Crippen LogP contribution in [0.4, 0.5) is 11.6 Å². The van der Waals surface area contributed by atoms with Gasteiger partial charge in [0.15, 0.2) is 0 Å². The molecular formula is C14H11N3O3. The molecule has 100 valence electrons. The topological polar surface area (TPSA) is 81.2 Å². The van der Waals surface area contributed by atoms with Gasteiger partial charge in [-0.3, -0.25) is 15.1 Å². The summed E-state index contributed by atoms with van der Waals surface area (Å²) in [7, 11) is 0. The normalized spacial score (nSPS) is 10.6. The summed E-state index contributed by atoms with van der Waals surface area (Å²) in [6.45, 7) is 0.377. The predicted octanol–water partition coefficient (Wildman–Crippen LogP) is 3.35. The van der Waals surface area contributed by atoms with Gasteiger partial charge in [0.25, 0.3) is 0 Å². The van der Waals surface area contributed by atoms with Gasteiger partial charge in [-0.25, -0.2) is 0 Å². The Morgan fingerprint density at radius 1 is 1.20 bits per heavy atom. The van der Waals surface area contributed by atoms with Crippen molar-refractivity contribution >= 4 is 22.5 Å². The van der Waals surface area contributed by atoms with Crippen molar-refractivity contribution in [1.82, 2.24) is 4.98 Å². The fourth-order valence-corrected chi connectivity index (χ4v) is 2.00. The number of fused-ring (bicyclic) bond motifs is 1. The number of benzene rings is 1. The Bertz CT molecular complexity index is 762. The first-order valence-electron chi connectivity index (χ1n) is 6.05. The van der Waals surface area contributed by atoms with E-state index >= 15 is 0 Å². The Morgan fingerprint density at radius 3 is 2.90 bits per heavy atom. The fourth-order valence-electron chi connectivity index (χ4n) is 2.00. The van der Waals surface area contributed by atoms with Crippen molar-refractivity contribution in [2.45, 2.75) is 6.54 Å². The number of pyridine rings is 1. The molecule has 3 aromatic rings. The molecule has 2 aromatic heterocycles. The third-order valence-electron chi connectivity index (χ3n) is 2.93. The summed E-state index contributed by atoms with van der Waals surface area (Å²) in [5.41, 5.74) is 1.80. The average Bonchev–Trinajstić information content (AvgIpc) is 2.94. The van der Waals surface area contributed by atoms with E-state index < -0.39 is 4.92 Å². The van der Waals surface area contributed by atoms with Crippen molar-refractivity contribution in [3.63, 3.8) is 0 Å². The van der Waals surface area contributed by atoms with E-state index in [2.05, 4.69) is 10.3 Å². The highest BCUT2D eigenvalue weighted by molar-refractivity contribution is 5.91. The Morgan fingerprint density at radius 2 is 2.10 bits per heavy atom. The lowest BCUT2D eigenvalue weighted by Crippen LogP contribution is -1.99. The number of nitrogens with zero attached hydrogens (tertiary/aromatic N) is 2. The largest absolute Gasteiger partial charge is 0.433 e. The quantitative estimate of drug-likeness (QED) is 0.580. The van der Waals surface area contributed by atoms with Crippen LogP contribution >= 0.6 is 0 Å². The Balaban J connectivity index is 1.81. The first-order valence-corrected chi connectivity index (χ1v) is 6.05. The summed E-state index contributed by atoms with van der Waals surface area (Å²) in [5.74, 6) is 0.263. The zero-order chi connectivity index (χ0) is 13.9. The van der Waals surface area contributed by atoms with E-state index in [9.17, 15) is 10.1 Å². The van der Waals surface area contributed by atoms with Crippen molar-refractivity contribution in [2.24, 2.45) is 0 Å². The lowest BCUT2D eigenvalue weighted by molar-refractivity contribution is -0.402. The van der Waals surface area contributed by atoms with Crippen LogP contribution in [0.25, 0.3) is 10.9 Å². The average molecular weight is 269 g/mol. The maximum Gasteiger partial charge on any atom is 0.433 e. The van der Waals surface area contributed by atoms with Crippen molar-refractivity contribution in [2.75, 3.05) is 5.32 Å². The SMILES string of the molecule is O=[N+]([O-])c1ccc(CNc2cccc3ncccc23)o1. The summed E-state index contributed by atoms with van der Waals surface area (Å²) in [6, 6.07) is 12.5. The van der Waals surface area contributed by atoms with Crippen molar-refractivity contribution < 1.29 is 9.34 Å². The molecule has 1 aromatic carbocycles. The van der Waals surface area contributed by atoms with Gasteiger partial charge >= 0.3 is 5.88 Å². The monoisotopic (exact) mass is 269 g/mol. The van der Waals surface area contributed by atoms with Crippen molar-refractivity contribution in [1.29, 1.82) is 0 Å². The maximum absolute atomic E-state index is 10.5. The number of aromatic nitrogens is 1. The minimum Gasteiger partial charge on any atom is -0.404 e. The molecule has 0 aliphatic heterocycles. The van der Waals surface area contributed by atoms with Crippen LogP contribution in [0.1, 0.15) is 5.76 Å². The van der Waals surface area contributed by atoms with E-state index in [1.54, 1.807) is 12.3 Å². The van der Waals surface area contributed by atoms with Gasteiger partial charge < -0.3 is 9.73 Å². The van der Waals surface area contributed by atoms with Gasteiger partial charge in [0.1, 0.15) is 10.7 Å². The van der Waals surface area contributed by atoms with E-state index in [-0.39, 0.29) is 5.88 Å². The summed E-state index contributed by atoms with van der Waals surface area (Å²) in [4.78, 5) is 14.3. The molecule has 0 fully saturated rings. The number of furan rings is 1. The summed E-state index contributed by atoms with van der Waals surface area (Å²) >= 11 is 0. The van der Waals surface area contributed by atoms with Crippen LogP contribution in [0.3, 0.4) is 0 Å². The van der Waals surface area contributed by atoms with Gasteiger partial charge in [0.05, 0.1) is 18.1 Å². The van der Waals surface area contributed by atoms with Gasteiger partial charge in [-0.1, -0.05) is 6.07 Å². The molecule has 0 amide bonds. The van der Waals surface area contributed by atoms with Gasteiger partial charge in [-0.2, -0.15) is 0 Å². The molecule has 6 nitrogen and oxygen atoms in total. The van der Waals surface area contributed by atoms with E-state index in [1.807, 2.05) is 30.3 Å². The molecule has 3 rings (SSSR count). The highest BCUT2D eigenvalue weighted by atomic mass is 16.6. The smallest absolute Gasteiger partial charge is 0.404 e. The Hall–Kier alpha value is -2.89. The molecule has 6 heteroatoms. The molecule has 0 saturated heterocycles. The maximum atomic E-state index is 10.5. The number of nitrogens with one attached hydrogen (secondary N) is 1. The molecule has 0 unspecified atom stereocenters. The summed E-state index contributed by atoms with van der Waals surface area (Å²) in [6.07, 6.45) is 1.74. The van der Waals surface area contributed by atoms with Crippen LogP contribution in [0, 0.1) is 10.1 Å². The molecule has 2 heterocycles. The molecule has 0 radical (unpaired) electrons. The van der Waals surface area contributed by atoms with E-state index in [0.29, 0.717) is 12.3 Å². The molecule has 0 bridgehead atoms. The zero-order valence-electron chi connectivity index (χ0n) is 10.4. The lowest BCUT2D eigenvalue weighted by atomic mass is 10.2. The Labute approximate surface area is 114 Å². The van der Waals surface area contributed by atoms with Gasteiger partial charge in [0.2, 0.25) is 0 Å². The minimum atomic E-state index is -0.550. The molecule has 0 saturated carbocycles. The number of hydrogen-bond acceptors (Lipinski definition) is 5. The minimum absolute atomic E-state index is 0.249. The van der Waals surface area contributed by atoms with Gasteiger partial charge in [0, 0.05) is 17.3 Å². The third kappa shape index (κ3) is 2.31. The second kappa shape index (κ2) is 5.00. The second-order valence-electron chi connectivity index (χ2n) is 4.23. The number of anilines is 1. The summed E-state index contributed by atoms with van der Waals surface area (Å²) in [5, 5.41) is 14.7. The Kier molecular flexibility index (Phi) is 3.04. The van der Waals surface area contributed by atoms with E-state index in [0.717, 1.165) is 16.6 Å². The van der Waals surface area contributed by atoms with Gasteiger partial charge in [-0.15, -0.1) is 0 Å². The molecular weight excluding hydrogens is 258 g/mol. The van der Waals surface area contributed by atoms with Crippen LogP contribution < -0.4 is 5.32 Å². The zero-order valence-corrected chi connectivity index (χ0v) is 10.4. The lowest BCUT2D eigenvalue weighted by Gasteiger charge is -2.07. The van der Waals surface area contributed by atoms with Crippen LogP contribution in [-0.2, 0) is 6.54 Å². The highest BCUT2D eigenvalue weighted by Gasteiger charge is 2.11. The number of rotatable bonds is 4. The molecule has 0 aliphatic carbocycles. The van der Waals surface area contributed by atoms with Crippen LogP contribution in [-0.4, -0.2) is 9.91 Å². The number of hydrogen-bond donors (Lipinski definition) is 1. The van der Waals surface area contributed by atoms with Gasteiger partial charge in [-0.05, 0) is 30.3 Å². The molecule has 0 aliphatic rings. The van der Waals surface area contributed by atoms with Crippen LogP contribution in [0.5, 0.6) is 0 Å². The molecule has 0 atom stereocenters. The predicted molar refractivity (Wildman–Crippen MR) is 74.4 cm³/mol. The van der Waals surface area contributed by atoms with Crippen LogP contribution in [0.2, 0.25) is 0 Å². The standard InChI is InChI=1S/C14H11N3O3/c18-17(19)14-7-6-10(20-14)9-16-13-5-1-4-12-11(13)3-2-8-15-12/h1-8,16H,9H2. The third-order valence-corrected chi connectivity index (χ3v) is 2.93. The van der Waals surface area contributed by atoms with E-state index in [4.69, 9.17) is 4.42 Å². The highest BCUT2D eigenvalue weighted by Crippen LogP contribution is 2.23. The fraction of sp³-hybridized carbons (Fsp3) is 0.0714. The molecule has 1 N–H and O–H groups in total. The molecule has 0 spiro atoms. The van der Waals surface area contributed by atoms with Crippen LogP contribution in [0.15, 0.2) is 53.1 Å². The first-order chi connectivity index (χ1) is 9.74. The van der Waals surface area contributed by atoms with Crippen molar-refractivity contribution in [3.05, 3.63) is 64.5 Å². The van der Waals surface area contributed by atoms with Crippen molar-refractivity contribution in [3.8, 4) is 0 Å². The second-order valence-corrected chi connectivity index (χ2v) is 4.23. The summed E-state index contributed by atoms with van der Waals surface area (Å²) < 4.78 is 5.10.